The highest BCUT2D eigenvalue weighted by Gasteiger charge is 2.53. The minimum absolute atomic E-state index is 0.193. The molecule has 21 heavy (non-hydrogen) atoms. The number of aromatic nitrogens is 1. The van der Waals surface area contributed by atoms with Gasteiger partial charge in [-0.1, -0.05) is 37.3 Å². The molecule has 0 radical (unpaired) electrons. The second-order valence-electron chi connectivity index (χ2n) is 6.08. The maximum absolute atomic E-state index is 9.59. The van der Waals surface area contributed by atoms with E-state index in [0.717, 1.165) is 25.7 Å². The Morgan fingerprint density at radius 1 is 1.33 bits per heavy atom. The lowest BCUT2D eigenvalue weighted by Gasteiger charge is -2.17. The molecule has 1 aromatic heterocycles. The van der Waals surface area contributed by atoms with Crippen LogP contribution in [0.1, 0.15) is 40.9 Å². The summed E-state index contributed by atoms with van der Waals surface area (Å²) in [6.07, 6.45) is 4.34. The molecule has 3 rings (SSSR count). The highest BCUT2D eigenvalue weighted by Crippen LogP contribution is 2.57. The third-order valence-corrected chi connectivity index (χ3v) is 6.20. The van der Waals surface area contributed by atoms with E-state index in [4.69, 9.17) is 0 Å². The second kappa shape index (κ2) is 5.90. The zero-order valence-corrected chi connectivity index (χ0v) is 13.6. The molecule has 1 N–H and O–H groups in total. The van der Waals surface area contributed by atoms with Gasteiger partial charge < -0.3 is 5.11 Å². The molecule has 1 saturated carbocycles. The lowest BCUT2D eigenvalue weighted by Crippen LogP contribution is -2.13. The molecule has 112 valence electrons. The van der Waals surface area contributed by atoms with Crippen molar-refractivity contribution in [2.75, 3.05) is 6.61 Å². The van der Waals surface area contributed by atoms with E-state index in [9.17, 15) is 5.11 Å². The molecular weight excluding hydrogens is 278 g/mol. The van der Waals surface area contributed by atoms with Gasteiger partial charge in [-0.05, 0) is 44.1 Å². The van der Waals surface area contributed by atoms with E-state index in [1.807, 2.05) is 11.3 Å². The van der Waals surface area contributed by atoms with Crippen molar-refractivity contribution < 1.29 is 5.11 Å². The van der Waals surface area contributed by atoms with Crippen molar-refractivity contribution in [2.24, 2.45) is 5.92 Å². The summed E-state index contributed by atoms with van der Waals surface area (Å²) in [5.41, 5.74) is 2.78. The first-order valence-corrected chi connectivity index (χ1v) is 8.63. The van der Waals surface area contributed by atoms with E-state index in [1.165, 1.54) is 21.1 Å². The van der Waals surface area contributed by atoms with Crippen molar-refractivity contribution in [1.29, 1.82) is 0 Å². The molecule has 1 aromatic carbocycles. The number of aliphatic hydroxyl groups excluding tert-OH is 1. The lowest BCUT2D eigenvalue weighted by atomic mass is 9.88. The van der Waals surface area contributed by atoms with Crippen molar-refractivity contribution in [3.63, 3.8) is 0 Å². The SMILES string of the molecule is CCc1nc(C)c(CCC2(c3ccccc3)CC2CO)s1. The standard InChI is InChI=1S/C18H23NOS/c1-3-17-19-13(2)16(21-17)9-10-18(11-15(18)12-20)14-7-5-4-6-8-14/h4-8,15,20H,3,9-12H2,1-2H3. The number of hydrogen-bond donors (Lipinski definition) is 1. The molecule has 2 aromatic rings. The Bertz CT molecular complexity index is 607. The number of nitrogens with zero attached hydrogens (tertiary/aromatic N) is 1. The molecule has 1 aliphatic carbocycles. The molecule has 0 saturated heterocycles. The first-order chi connectivity index (χ1) is 10.2. The van der Waals surface area contributed by atoms with E-state index in [2.05, 4.69) is 49.2 Å². The van der Waals surface area contributed by atoms with Crippen molar-refractivity contribution in [1.82, 2.24) is 4.98 Å². The topological polar surface area (TPSA) is 33.1 Å². The lowest BCUT2D eigenvalue weighted by molar-refractivity contribution is 0.261. The Kier molecular flexibility index (Phi) is 4.14. The maximum Gasteiger partial charge on any atom is 0.0928 e. The van der Waals surface area contributed by atoms with Gasteiger partial charge in [0.05, 0.1) is 10.7 Å². The zero-order valence-electron chi connectivity index (χ0n) is 12.8. The Balaban J connectivity index is 1.77. The number of aryl methyl sites for hydroxylation is 3. The van der Waals surface area contributed by atoms with Crippen LogP contribution in [0.5, 0.6) is 0 Å². The van der Waals surface area contributed by atoms with Gasteiger partial charge in [-0.15, -0.1) is 11.3 Å². The molecule has 0 aliphatic heterocycles. The van der Waals surface area contributed by atoms with Crippen LogP contribution in [-0.2, 0) is 18.3 Å². The first kappa shape index (κ1) is 14.7. The van der Waals surface area contributed by atoms with E-state index in [0.29, 0.717) is 12.5 Å². The number of aliphatic hydroxyl groups is 1. The summed E-state index contributed by atoms with van der Waals surface area (Å²) in [4.78, 5) is 6.05. The van der Waals surface area contributed by atoms with Crippen LogP contribution in [0.3, 0.4) is 0 Å². The molecule has 3 heteroatoms. The number of hydrogen-bond acceptors (Lipinski definition) is 3. The van der Waals surface area contributed by atoms with Gasteiger partial charge in [-0.2, -0.15) is 0 Å². The third kappa shape index (κ3) is 2.77. The van der Waals surface area contributed by atoms with Gasteiger partial charge in [0, 0.05) is 16.9 Å². The Labute approximate surface area is 130 Å². The monoisotopic (exact) mass is 301 g/mol. The average Bonchev–Trinajstić information content (AvgIpc) is 3.14. The molecule has 0 amide bonds. The Hall–Kier alpha value is -1.19. The molecule has 0 spiro atoms. The third-order valence-electron chi connectivity index (χ3n) is 4.84. The van der Waals surface area contributed by atoms with E-state index < -0.39 is 0 Å². The predicted octanol–water partition coefficient (Wildman–Crippen LogP) is 3.90. The second-order valence-corrected chi connectivity index (χ2v) is 7.24. The van der Waals surface area contributed by atoms with Crippen LogP contribution < -0.4 is 0 Å². The number of rotatable bonds is 6. The summed E-state index contributed by atoms with van der Waals surface area (Å²) in [7, 11) is 0. The fourth-order valence-electron chi connectivity index (χ4n) is 3.40. The largest absolute Gasteiger partial charge is 0.396 e. The summed E-state index contributed by atoms with van der Waals surface area (Å²) >= 11 is 1.86. The van der Waals surface area contributed by atoms with Gasteiger partial charge in [-0.25, -0.2) is 4.98 Å². The van der Waals surface area contributed by atoms with E-state index in [-0.39, 0.29) is 5.41 Å². The molecule has 1 fully saturated rings. The summed E-state index contributed by atoms with van der Waals surface area (Å²) in [6.45, 7) is 4.59. The van der Waals surface area contributed by atoms with Gasteiger partial charge in [0.15, 0.2) is 0 Å². The van der Waals surface area contributed by atoms with E-state index >= 15 is 0 Å². The van der Waals surface area contributed by atoms with Gasteiger partial charge in [0.25, 0.3) is 0 Å². The minimum atomic E-state index is 0.193. The van der Waals surface area contributed by atoms with Crippen LogP contribution in [0.25, 0.3) is 0 Å². The Morgan fingerprint density at radius 3 is 2.67 bits per heavy atom. The van der Waals surface area contributed by atoms with Crippen LogP contribution in [-0.4, -0.2) is 16.7 Å². The molecule has 2 nitrogen and oxygen atoms in total. The van der Waals surface area contributed by atoms with Crippen LogP contribution in [0, 0.1) is 12.8 Å². The van der Waals surface area contributed by atoms with Crippen molar-refractivity contribution in [3.8, 4) is 0 Å². The van der Waals surface area contributed by atoms with Gasteiger partial charge in [0.1, 0.15) is 0 Å². The van der Waals surface area contributed by atoms with Crippen LogP contribution in [0.2, 0.25) is 0 Å². The summed E-state index contributed by atoms with van der Waals surface area (Å²) in [6, 6.07) is 10.7. The predicted molar refractivity (Wildman–Crippen MR) is 87.9 cm³/mol. The highest BCUT2D eigenvalue weighted by atomic mass is 32.1. The summed E-state index contributed by atoms with van der Waals surface area (Å²) < 4.78 is 0. The average molecular weight is 301 g/mol. The minimum Gasteiger partial charge on any atom is -0.396 e. The zero-order chi connectivity index (χ0) is 14.9. The molecule has 2 unspecified atom stereocenters. The first-order valence-electron chi connectivity index (χ1n) is 7.81. The quantitative estimate of drug-likeness (QED) is 0.878. The van der Waals surface area contributed by atoms with Crippen LogP contribution >= 0.6 is 11.3 Å². The molecule has 0 bridgehead atoms. The number of benzene rings is 1. The fourth-order valence-corrected chi connectivity index (χ4v) is 4.41. The van der Waals surface area contributed by atoms with Gasteiger partial charge in [-0.3, -0.25) is 0 Å². The Morgan fingerprint density at radius 2 is 2.10 bits per heavy atom. The maximum atomic E-state index is 9.59. The molecular formula is C18H23NOS. The van der Waals surface area contributed by atoms with Crippen molar-refractivity contribution >= 4 is 11.3 Å². The van der Waals surface area contributed by atoms with E-state index in [1.54, 1.807) is 0 Å². The molecule has 1 heterocycles. The summed E-state index contributed by atoms with van der Waals surface area (Å²) in [5.74, 6) is 0.429. The normalized spacial score (nSPS) is 24.2. The molecule has 2 atom stereocenters. The van der Waals surface area contributed by atoms with Gasteiger partial charge in [0.2, 0.25) is 0 Å². The van der Waals surface area contributed by atoms with Crippen molar-refractivity contribution in [3.05, 3.63) is 51.5 Å². The van der Waals surface area contributed by atoms with Crippen molar-refractivity contribution in [2.45, 2.75) is 44.9 Å². The summed E-state index contributed by atoms with van der Waals surface area (Å²) in [5, 5.41) is 10.8. The molecule has 1 aliphatic rings. The fraction of sp³-hybridized carbons (Fsp3) is 0.500. The highest BCUT2D eigenvalue weighted by molar-refractivity contribution is 7.11. The van der Waals surface area contributed by atoms with Crippen LogP contribution in [0.15, 0.2) is 30.3 Å². The number of thiazole rings is 1. The van der Waals surface area contributed by atoms with Crippen LogP contribution in [0.4, 0.5) is 0 Å². The van der Waals surface area contributed by atoms with Gasteiger partial charge >= 0.3 is 0 Å². The smallest absolute Gasteiger partial charge is 0.0928 e.